The van der Waals surface area contributed by atoms with Crippen LogP contribution in [0.2, 0.25) is 0 Å². The molecule has 0 aromatic heterocycles. The molecule has 0 fully saturated rings. The van der Waals surface area contributed by atoms with E-state index in [9.17, 15) is 14.4 Å². The topological polar surface area (TPSA) is 105 Å². The van der Waals surface area contributed by atoms with Gasteiger partial charge in [0.2, 0.25) is 5.91 Å². The molecule has 2 aromatic carbocycles. The van der Waals surface area contributed by atoms with Gasteiger partial charge in [0.05, 0.1) is 0 Å². The van der Waals surface area contributed by atoms with Gasteiger partial charge in [-0.15, -0.1) is 0 Å². The highest BCUT2D eigenvalue weighted by molar-refractivity contribution is 5.81. The average molecular weight is 437 g/mol. The van der Waals surface area contributed by atoms with E-state index in [0.29, 0.717) is 6.42 Å². The fraction of sp³-hybridized carbons (Fsp3) is 0.320. The lowest BCUT2D eigenvalue weighted by atomic mass is 9.98. The Morgan fingerprint density at radius 2 is 1.69 bits per heavy atom. The Morgan fingerprint density at radius 1 is 1.06 bits per heavy atom. The summed E-state index contributed by atoms with van der Waals surface area (Å²) in [6, 6.07) is 15.9. The summed E-state index contributed by atoms with van der Waals surface area (Å²) in [5.74, 6) is -1.36. The molecule has 1 atom stereocenters. The fourth-order valence-electron chi connectivity index (χ4n) is 4.01. The molecule has 7 heteroatoms. The molecule has 1 aliphatic carbocycles. The summed E-state index contributed by atoms with van der Waals surface area (Å²) >= 11 is 0. The van der Waals surface area contributed by atoms with Crippen LogP contribution < -0.4 is 10.6 Å². The minimum atomic E-state index is -1.07. The molecular formula is C25H28N2O5. The Morgan fingerprint density at radius 3 is 2.28 bits per heavy atom. The van der Waals surface area contributed by atoms with Crippen LogP contribution >= 0.6 is 0 Å². The number of aliphatic carboxylic acids is 1. The van der Waals surface area contributed by atoms with Crippen molar-refractivity contribution in [2.75, 3.05) is 13.2 Å². The van der Waals surface area contributed by atoms with Gasteiger partial charge in [0.1, 0.15) is 6.61 Å². The summed E-state index contributed by atoms with van der Waals surface area (Å²) in [4.78, 5) is 35.1. The standard InChI is InChI=1S/C25H28N2O5/c1-2-8-17(15-23(28)26-14-7-13-24(29)30)27-25(31)32-16-22-20-11-5-3-9-18(20)19-10-4-6-12-21(19)22/h3-7,9-13,17,22H,2,8,14-16H2,1H3,(H,26,28)(H,27,31)(H,29,30)/b13-7+/t17-/m0/s1. The molecule has 3 rings (SSSR count). The number of benzene rings is 2. The van der Waals surface area contributed by atoms with Gasteiger partial charge in [-0.3, -0.25) is 4.79 Å². The minimum Gasteiger partial charge on any atom is -0.478 e. The SMILES string of the molecule is CCC[C@@H](CC(=O)NC/C=C/C(=O)O)NC(=O)OCC1c2ccccc2-c2ccccc21. The molecule has 7 nitrogen and oxygen atoms in total. The Balaban J connectivity index is 1.55. The number of amides is 2. The maximum Gasteiger partial charge on any atom is 0.407 e. The van der Waals surface area contributed by atoms with Crippen LogP contribution in [0.5, 0.6) is 0 Å². The molecular weight excluding hydrogens is 408 g/mol. The maximum atomic E-state index is 12.5. The molecule has 1 aliphatic rings. The number of ether oxygens (including phenoxy) is 1. The molecule has 2 amide bonds. The minimum absolute atomic E-state index is 0.0258. The fourth-order valence-corrected chi connectivity index (χ4v) is 4.01. The van der Waals surface area contributed by atoms with Gasteiger partial charge in [-0.2, -0.15) is 0 Å². The van der Waals surface area contributed by atoms with Crippen LogP contribution in [0.25, 0.3) is 11.1 Å². The number of nitrogens with one attached hydrogen (secondary N) is 2. The second kappa shape index (κ2) is 11.1. The van der Waals surface area contributed by atoms with Gasteiger partial charge in [0, 0.05) is 31.0 Å². The highest BCUT2D eigenvalue weighted by atomic mass is 16.5. The predicted octanol–water partition coefficient (Wildman–Crippen LogP) is 3.84. The molecule has 168 valence electrons. The Kier molecular flexibility index (Phi) is 8.02. The lowest BCUT2D eigenvalue weighted by molar-refractivity contribution is -0.131. The lowest BCUT2D eigenvalue weighted by Gasteiger charge is -2.19. The summed E-state index contributed by atoms with van der Waals surface area (Å²) in [7, 11) is 0. The van der Waals surface area contributed by atoms with E-state index in [1.54, 1.807) is 0 Å². The molecule has 32 heavy (non-hydrogen) atoms. The molecule has 0 saturated carbocycles. The van der Waals surface area contributed by atoms with Gasteiger partial charge in [-0.05, 0) is 28.7 Å². The normalized spacial score (nSPS) is 13.3. The van der Waals surface area contributed by atoms with E-state index in [1.807, 2.05) is 31.2 Å². The lowest BCUT2D eigenvalue weighted by Crippen LogP contribution is -2.39. The van der Waals surface area contributed by atoms with Crippen molar-refractivity contribution in [3.05, 3.63) is 71.8 Å². The smallest absolute Gasteiger partial charge is 0.407 e. The molecule has 0 radical (unpaired) electrons. The summed E-state index contributed by atoms with van der Waals surface area (Å²) in [5.41, 5.74) is 4.60. The number of carbonyl (C=O) groups excluding carboxylic acids is 2. The molecule has 3 N–H and O–H groups in total. The number of carbonyl (C=O) groups is 3. The first-order valence-corrected chi connectivity index (χ1v) is 10.8. The molecule has 0 unspecified atom stereocenters. The van der Waals surface area contributed by atoms with Crippen molar-refractivity contribution < 1.29 is 24.2 Å². The summed E-state index contributed by atoms with van der Waals surface area (Å²) in [5, 5.41) is 14.0. The zero-order valence-corrected chi connectivity index (χ0v) is 18.0. The summed E-state index contributed by atoms with van der Waals surface area (Å²) in [6.07, 6.45) is 3.29. The van der Waals surface area contributed by atoms with Gasteiger partial charge in [-0.1, -0.05) is 68.0 Å². The van der Waals surface area contributed by atoms with Crippen LogP contribution in [0.4, 0.5) is 4.79 Å². The van der Waals surface area contributed by atoms with E-state index in [4.69, 9.17) is 9.84 Å². The highest BCUT2D eigenvalue weighted by Crippen LogP contribution is 2.44. The Bertz CT molecular complexity index is 956. The van der Waals surface area contributed by atoms with E-state index in [-0.39, 0.29) is 37.4 Å². The van der Waals surface area contributed by atoms with Gasteiger partial charge >= 0.3 is 12.1 Å². The van der Waals surface area contributed by atoms with Crippen molar-refractivity contribution in [3.63, 3.8) is 0 Å². The average Bonchev–Trinajstić information content (AvgIpc) is 3.09. The van der Waals surface area contributed by atoms with E-state index in [1.165, 1.54) is 6.08 Å². The number of carboxylic acids is 1. The third-order valence-electron chi connectivity index (χ3n) is 5.41. The first-order valence-electron chi connectivity index (χ1n) is 10.8. The van der Waals surface area contributed by atoms with E-state index in [0.717, 1.165) is 34.8 Å². The van der Waals surface area contributed by atoms with E-state index >= 15 is 0 Å². The van der Waals surface area contributed by atoms with Crippen molar-refractivity contribution in [2.24, 2.45) is 0 Å². The van der Waals surface area contributed by atoms with E-state index in [2.05, 4.69) is 34.9 Å². The summed E-state index contributed by atoms with van der Waals surface area (Å²) < 4.78 is 5.56. The first-order chi connectivity index (χ1) is 15.5. The number of carboxylic acid groups (broad SMARTS) is 1. The molecule has 0 heterocycles. The van der Waals surface area contributed by atoms with Crippen LogP contribution in [-0.2, 0) is 14.3 Å². The maximum absolute atomic E-state index is 12.5. The first kappa shape index (κ1) is 23.1. The predicted molar refractivity (Wildman–Crippen MR) is 121 cm³/mol. The number of hydrogen-bond donors (Lipinski definition) is 3. The molecule has 0 spiro atoms. The van der Waals surface area contributed by atoms with Crippen LogP contribution in [0.3, 0.4) is 0 Å². The van der Waals surface area contributed by atoms with Crippen molar-refractivity contribution in [1.29, 1.82) is 0 Å². The van der Waals surface area contributed by atoms with Crippen molar-refractivity contribution in [1.82, 2.24) is 10.6 Å². The van der Waals surface area contributed by atoms with E-state index < -0.39 is 12.1 Å². The molecule has 2 aromatic rings. The second-order valence-electron chi connectivity index (χ2n) is 7.70. The monoisotopic (exact) mass is 436 g/mol. The largest absolute Gasteiger partial charge is 0.478 e. The number of fused-ring (bicyclic) bond motifs is 3. The van der Waals surface area contributed by atoms with Crippen LogP contribution in [-0.4, -0.2) is 42.3 Å². The Hall–Kier alpha value is -3.61. The zero-order valence-electron chi connectivity index (χ0n) is 18.0. The highest BCUT2D eigenvalue weighted by Gasteiger charge is 2.29. The van der Waals surface area contributed by atoms with Gasteiger partial charge < -0.3 is 20.5 Å². The third-order valence-corrected chi connectivity index (χ3v) is 5.41. The second-order valence-corrected chi connectivity index (χ2v) is 7.70. The van der Waals surface area contributed by atoms with Crippen molar-refractivity contribution in [2.45, 2.75) is 38.1 Å². The molecule has 0 bridgehead atoms. The van der Waals surface area contributed by atoms with Crippen molar-refractivity contribution in [3.8, 4) is 11.1 Å². The summed E-state index contributed by atoms with van der Waals surface area (Å²) in [6.45, 7) is 2.31. The van der Waals surface area contributed by atoms with Gasteiger partial charge in [0.25, 0.3) is 0 Å². The van der Waals surface area contributed by atoms with Crippen molar-refractivity contribution >= 4 is 18.0 Å². The third kappa shape index (κ3) is 5.97. The van der Waals surface area contributed by atoms with Crippen LogP contribution in [0.1, 0.15) is 43.2 Å². The van der Waals surface area contributed by atoms with Gasteiger partial charge in [0.15, 0.2) is 0 Å². The van der Waals surface area contributed by atoms with Crippen LogP contribution in [0, 0.1) is 0 Å². The number of rotatable bonds is 10. The van der Waals surface area contributed by atoms with Crippen LogP contribution in [0.15, 0.2) is 60.7 Å². The number of alkyl carbamates (subject to hydrolysis) is 1. The quantitative estimate of drug-likeness (QED) is 0.491. The zero-order chi connectivity index (χ0) is 22.9. The molecule has 0 saturated heterocycles. The Labute approximate surface area is 187 Å². The molecule has 0 aliphatic heterocycles. The van der Waals surface area contributed by atoms with Gasteiger partial charge in [-0.25, -0.2) is 9.59 Å². The number of hydrogen-bond acceptors (Lipinski definition) is 4.